The minimum Gasteiger partial charge on any atom is -0.290 e. The molecule has 1 nitrogen and oxygen atoms in total. The highest BCUT2D eigenvalue weighted by Gasteiger charge is 2.21. The molecule has 1 heteroatoms. The monoisotopic (exact) mass is 205 g/mol. The molecule has 1 fully saturated rings. The highest BCUT2D eigenvalue weighted by Crippen LogP contribution is 2.32. The standard InChI is InChI=1S/C14H23N/c1-11-10-15-12(2)14-8-6-4-3-5-7-13(11)9-14/h10,12,14H,3-9H2,1-2H3. The van der Waals surface area contributed by atoms with Gasteiger partial charge in [0, 0.05) is 6.21 Å². The molecule has 0 spiro atoms. The van der Waals surface area contributed by atoms with Gasteiger partial charge in [-0.3, -0.25) is 4.99 Å². The number of hydrogen-bond acceptors (Lipinski definition) is 1. The first kappa shape index (κ1) is 10.9. The Morgan fingerprint density at radius 1 is 1.20 bits per heavy atom. The summed E-state index contributed by atoms with van der Waals surface area (Å²) in [7, 11) is 0. The first-order valence-corrected chi connectivity index (χ1v) is 6.49. The van der Waals surface area contributed by atoms with Crippen molar-refractivity contribution >= 4 is 6.21 Å². The van der Waals surface area contributed by atoms with Crippen LogP contribution >= 0.6 is 0 Å². The zero-order valence-electron chi connectivity index (χ0n) is 10.1. The summed E-state index contributed by atoms with van der Waals surface area (Å²) >= 11 is 0. The lowest BCUT2D eigenvalue weighted by Gasteiger charge is -2.19. The fourth-order valence-electron chi connectivity index (χ4n) is 2.83. The van der Waals surface area contributed by atoms with Gasteiger partial charge in [0.2, 0.25) is 0 Å². The Kier molecular flexibility index (Phi) is 3.61. The van der Waals surface area contributed by atoms with Crippen molar-refractivity contribution in [3.8, 4) is 0 Å². The van der Waals surface area contributed by atoms with Gasteiger partial charge in [-0.15, -0.1) is 0 Å². The van der Waals surface area contributed by atoms with Gasteiger partial charge in [-0.05, 0) is 51.0 Å². The van der Waals surface area contributed by atoms with Crippen molar-refractivity contribution in [1.29, 1.82) is 0 Å². The molecule has 0 aromatic carbocycles. The number of rotatable bonds is 0. The van der Waals surface area contributed by atoms with E-state index < -0.39 is 0 Å². The van der Waals surface area contributed by atoms with Gasteiger partial charge in [-0.2, -0.15) is 0 Å². The van der Waals surface area contributed by atoms with Crippen LogP contribution in [0.4, 0.5) is 0 Å². The minimum atomic E-state index is 0.538. The maximum Gasteiger partial charge on any atom is 0.0502 e. The van der Waals surface area contributed by atoms with Crippen LogP contribution in [0, 0.1) is 5.92 Å². The molecule has 1 saturated carbocycles. The molecule has 1 aliphatic carbocycles. The normalized spacial score (nSPS) is 32.9. The third-order valence-electron chi connectivity index (χ3n) is 4.06. The fraction of sp³-hybridized carbons (Fsp3) is 0.786. The third kappa shape index (κ3) is 2.70. The maximum atomic E-state index is 4.68. The van der Waals surface area contributed by atoms with Crippen LogP contribution in [0.5, 0.6) is 0 Å². The Hall–Kier alpha value is -0.590. The molecule has 1 heterocycles. The maximum absolute atomic E-state index is 4.68. The number of hydrogen-bond donors (Lipinski definition) is 0. The molecular formula is C14H23N. The average molecular weight is 205 g/mol. The SMILES string of the molecule is CC1=C2CCCCCCC(C2)C(C)N=C1. The van der Waals surface area contributed by atoms with Crippen molar-refractivity contribution in [3.05, 3.63) is 11.1 Å². The number of aliphatic imine (C=N–C) groups is 1. The molecule has 2 rings (SSSR count). The molecule has 2 aliphatic rings. The highest BCUT2D eigenvalue weighted by atomic mass is 14.8. The summed E-state index contributed by atoms with van der Waals surface area (Å²) in [5, 5.41) is 0. The predicted molar refractivity (Wildman–Crippen MR) is 66.5 cm³/mol. The van der Waals surface area contributed by atoms with Gasteiger partial charge in [-0.25, -0.2) is 0 Å². The second kappa shape index (κ2) is 4.96. The van der Waals surface area contributed by atoms with E-state index in [9.17, 15) is 0 Å². The second-order valence-corrected chi connectivity index (χ2v) is 5.22. The minimum absolute atomic E-state index is 0.538. The Balaban J connectivity index is 2.19. The number of nitrogens with zero attached hydrogens (tertiary/aromatic N) is 1. The quantitative estimate of drug-likeness (QED) is 0.563. The molecule has 2 bridgehead atoms. The Bertz CT molecular complexity index is 275. The predicted octanol–water partition coefficient (Wildman–Crippen LogP) is 4.14. The van der Waals surface area contributed by atoms with E-state index in [0.29, 0.717) is 6.04 Å². The van der Waals surface area contributed by atoms with E-state index in [2.05, 4.69) is 25.1 Å². The van der Waals surface area contributed by atoms with Crippen LogP contribution in [-0.4, -0.2) is 12.3 Å². The Morgan fingerprint density at radius 2 is 2.00 bits per heavy atom. The van der Waals surface area contributed by atoms with Crippen LogP contribution in [0.2, 0.25) is 0 Å². The van der Waals surface area contributed by atoms with Crippen LogP contribution in [0.25, 0.3) is 0 Å². The molecule has 0 radical (unpaired) electrons. The molecule has 2 atom stereocenters. The summed E-state index contributed by atoms with van der Waals surface area (Å²) in [5.41, 5.74) is 3.14. The summed E-state index contributed by atoms with van der Waals surface area (Å²) in [6, 6.07) is 0.538. The molecule has 2 unspecified atom stereocenters. The summed E-state index contributed by atoms with van der Waals surface area (Å²) in [6.07, 6.45) is 11.8. The molecule has 0 aromatic rings. The van der Waals surface area contributed by atoms with E-state index in [1.54, 1.807) is 5.57 Å². The van der Waals surface area contributed by atoms with Crippen LogP contribution < -0.4 is 0 Å². The van der Waals surface area contributed by atoms with Crippen molar-refractivity contribution in [3.63, 3.8) is 0 Å². The number of allylic oxidation sites excluding steroid dienone is 2. The molecular weight excluding hydrogens is 182 g/mol. The largest absolute Gasteiger partial charge is 0.290 e. The van der Waals surface area contributed by atoms with Crippen molar-refractivity contribution in [2.45, 2.75) is 64.8 Å². The average Bonchev–Trinajstić information content (AvgIpc) is 2.35. The van der Waals surface area contributed by atoms with Crippen molar-refractivity contribution in [1.82, 2.24) is 0 Å². The van der Waals surface area contributed by atoms with E-state index in [1.807, 2.05) is 0 Å². The van der Waals surface area contributed by atoms with Gasteiger partial charge >= 0.3 is 0 Å². The summed E-state index contributed by atoms with van der Waals surface area (Å²) < 4.78 is 0. The van der Waals surface area contributed by atoms with Crippen molar-refractivity contribution in [2.75, 3.05) is 0 Å². The lowest BCUT2D eigenvalue weighted by atomic mass is 9.88. The zero-order valence-corrected chi connectivity index (χ0v) is 10.1. The number of fused-ring (bicyclic) bond motifs is 2. The lowest BCUT2D eigenvalue weighted by molar-refractivity contribution is 0.401. The topological polar surface area (TPSA) is 12.4 Å². The van der Waals surface area contributed by atoms with E-state index in [-0.39, 0.29) is 0 Å². The highest BCUT2D eigenvalue weighted by molar-refractivity contribution is 5.79. The molecule has 0 saturated heterocycles. The van der Waals surface area contributed by atoms with Crippen LogP contribution in [-0.2, 0) is 0 Å². The lowest BCUT2D eigenvalue weighted by Crippen LogP contribution is -2.14. The van der Waals surface area contributed by atoms with Gasteiger partial charge in [0.1, 0.15) is 0 Å². The van der Waals surface area contributed by atoms with Gasteiger partial charge in [-0.1, -0.05) is 24.8 Å². The smallest absolute Gasteiger partial charge is 0.0502 e. The summed E-state index contributed by atoms with van der Waals surface area (Å²) in [6.45, 7) is 4.53. The van der Waals surface area contributed by atoms with Gasteiger partial charge in [0.15, 0.2) is 0 Å². The Labute approximate surface area is 93.7 Å². The molecule has 1 aliphatic heterocycles. The fourth-order valence-corrected chi connectivity index (χ4v) is 2.83. The second-order valence-electron chi connectivity index (χ2n) is 5.22. The van der Waals surface area contributed by atoms with E-state index in [1.165, 1.54) is 50.5 Å². The molecule has 84 valence electrons. The van der Waals surface area contributed by atoms with E-state index in [4.69, 9.17) is 0 Å². The van der Waals surface area contributed by atoms with Crippen LogP contribution in [0.3, 0.4) is 0 Å². The van der Waals surface area contributed by atoms with Gasteiger partial charge < -0.3 is 0 Å². The van der Waals surface area contributed by atoms with Crippen LogP contribution in [0.1, 0.15) is 58.8 Å². The molecule has 0 amide bonds. The third-order valence-corrected chi connectivity index (χ3v) is 4.06. The van der Waals surface area contributed by atoms with E-state index in [0.717, 1.165) is 5.92 Å². The summed E-state index contributed by atoms with van der Waals surface area (Å²) in [5.74, 6) is 0.812. The molecule has 0 aromatic heterocycles. The first-order valence-electron chi connectivity index (χ1n) is 6.49. The zero-order chi connectivity index (χ0) is 10.7. The first-order chi connectivity index (χ1) is 7.27. The van der Waals surface area contributed by atoms with Gasteiger partial charge in [0.25, 0.3) is 0 Å². The Morgan fingerprint density at radius 3 is 2.87 bits per heavy atom. The molecule has 15 heavy (non-hydrogen) atoms. The van der Waals surface area contributed by atoms with E-state index >= 15 is 0 Å². The molecule has 0 N–H and O–H groups in total. The van der Waals surface area contributed by atoms with Crippen LogP contribution in [0.15, 0.2) is 16.1 Å². The van der Waals surface area contributed by atoms with Gasteiger partial charge in [0.05, 0.1) is 6.04 Å². The van der Waals surface area contributed by atoms with Crippen molar-refractivity contribution in [2.24, 2.45) is 10.9 Å². The summed E-state index contributed by atoms with van der Waals surface area (Å²) in [4.78, 5) is 4.68. The van der Waals surface area contributed by atoms with Crippen molar-refractivity contribution < 1.29 is 0 Å².